The smallest absolute Gasteiger partial charge is 0.354 e. The second-order valence-corrected chi connectivity index (χ2v) is 6.61. The highest BCUT2D eigenvalue weighted by Gasteiger charge is 2.57. The molecule has 0 spiro atoms. The van der Waals surface area contributed by atoms with E-state index < -0.39 is 35.8 Å². The largest absolute Gasteiger partial charge is 0.464 e. The average molecular weight is 368 g/mol. The van der Waals surface area contributed by atoms with Crippen molar-refractivity contribution >= 4 is 23.7 Å². The van der Waals surface area contributed by atoms with Crippen molar-refractivity contribution < 1.29 is 23.9 Å². The molecule has 0 aliphatic carbocycles. The summed E-state index contributed by atoms with van der Waals surface area (Å²) in [4.78, 5) is 52.9. The number of imide groups is 1. The summed E-state index contributed by atoms with van der Waals surface area (Å²) in [6, 6.07) is 4.92. The molecule has 1 aromatic carbocycles. The van der Waals surface area contributed by atoms with E-state index in [1.807, 2.05) is 0 Å². The number of nitrogens with zero attached hydrogens (tertiary/aromatic N) is 2. The Kier molecular flexibility index (Phi) is 4.70. The number of carbonyl (C=O) groups is 4. The van der Waals surface area contributed by atoms with Crippen LogP contribution in [0, 0.1) is 0 Å². The van der Waals surface area contributed by atoms with Gasteiger partial charge in [0.25, 0.3) is 17.7 Å². The van der Waals surface area contributed by atoms with Crippen molar-refractivity contribution in [3.63, 3.8) is 0 Å². The van der Waals surface area contributed by atoms with E-state index in [1.54, 1.807) is 44.2 Å². The summed E-state index contributed by atoms with van der Waals surface area (Å²) in [7, 11) is 1.24. The lowest BCUT2D eigenvalue weighted by atomic mass is 9.88. The molecule has 0 N–H and O–H groups in total. The van der Waals surface area contributed by atoms with Crippen LogP contribution in [-0.4, -0.2) is 52.7 Å². The van der Waals surface area contributed by atoms with Crippen molar-refractivity contribution in [2.75, 3.05) is 7.11 Å². The van der Waals surface area contributed by atoms with Gasteiger partial charge in [0.1, 0.15) is 11.7 Å². The molecule has 0 radical (unpaired) electrons. The molecule has 0 bridgehead atoms. The van der Waals surface area contributed by atoms with E-state index in [-0.39, 0.29) is 16.8 Å². The summed E-state index contributed by atoms with van der Waals surface area (Å²) in [5.74, 6) is -2.13. The maximum Gasteiger partial charge on any atom is 0.354 e. The SMILES string of the molecule is C=CCC1C(N2C(=O)c3ccccc3C2=O)C(=O)N1C(C(=O)OC)=C(C)C. The zero-order valence-corrected chi connectivity index (χ0v) is 15.4. The summed E-state index contributed by atoms with van der Waals surface area (Å²) in [5, 5.41) is 0. The molecule has 2 aliphatic heterocycles. The van der Waals surface area contributed by atoms with Gasteiger partial charge in [0, 0.05) is 0 Å². The Morgan fingerprint density at radius 2 is 1.70 bits per heavy atom. The molecule has 3 rings (SSSR count). The molecule has 1 aromatic rings. The molecule has 2 aliphatic rings. The van der Waals surface area contributed by atoms with Gasteiger partial charge in [0.15, 0.2) is 0 Å². The van der Waals surface area contributed by atoms with Gasteiger partial charge in [-0.05, 0) is 38.0 Å². The standard InChI is InChI=1S/C20H20N2O5/c1-5-8-14-16(19(25)21(14)15(11(2)3)20(26)27-4)22-17(23)12-9-6-7-10-13(12)18(22)24/h5-7,9-10,14,16H,1,8H2,2-4H3. The quantitative estimate of drug-likeness (QED) is 0.261. The number of amides is 3. The third-order valence-electron chi connectivity index (χ3n) is 4.79. The number of benzene rings is 1. The normalized spacial score (nSPS) is 20.9. The van der Waals surface area contributed by atoms with Gasteiger partial charge < -0.3 is 4.74 Å². The summed E-state index contributed by atoms with van der Waals surface area (Å²) < 4.78 is 4.79. The third-order valence-corrected chi connectivity index (χ3v) is 4.79. The Balaban J connectivity index is 1.99. The van der Waals surface area contributed by atoms with Gasteiger partial charge in [-0.1, -0.05) is 18.2 Å². The maximum absolute atomic E-state index is 12.9. The number of esters is 1. The maximum atomic E-state index is 12.9. The first-order valence-corrected chi connectivity index (χ1v) is 8.51. The van der Waals surface area contributed by atoms with Gasteiger partial charge in [0.2, 0.25) is 0 Å². The van der Waals surface area contributed by atoms with E-state index in [9.17, 15) is 19.2 Å². The predicted molar refractivity (Wildman–Crippen MR) is 96.6 cm³/mol. The Hall–Kier alpha value is -3.22. The fourth-order valence-corrected chi connectivity index (χ4v) is 3.59. The Morgan fingerprint density at radius 3 is 2.15 bits per heavy atom. The molecule has 140 valence electrons. The van der Waals surface area contributed by atoms with E-state index in [0.717, 1.165) is 4.90 Å². The highest BCUT2D eigenvalue weighted by Crippen LogP contribution is 2.37. The summed E-state index contributed by atoms with van der Waals surface area (Å²) in [6.07, 6.45) is 1.91. The average Bonchev–Trinajstić information content (AvgIpc) is 2.90. The molecule has 1 fully saturated rings. The zero-order chi connectivity index (χ0) is 19.9. The Labute approximate surface area is 156 Å². The van der Waals surface area contributed by atoms with Crippen LogP contribution >= 0.6 is 0 Å². The van der Waals surface area contributed by atoms with Gasteiger partial charge in [-0.15, -0.1) is 6.58 Å². The number of β-lactam (4-membered cyclic amide) rings is 1. The molecule has 7 heteroatoms. The van der Waals surface area contributed by atoms with Crippen molar-refractivity contribution in [1.29, 1.82) is 0 Å². The van der Waals surface area contributed by atoms with E-state index in [0.29, 0.717) is 12.0 Å². The fraction of sp³-hybridized carbons (Fsp3) is 0.300. The van der Waals surface area contributed by atoms with E-state index in [1.165, 1.54) is 12.0 Å². The minimum Gasteiger partial charge on any atom is -0.464 e. The number of carbonyl (C=O) groups excluding carboxylic acids is 4. The van der Waals surface area contributed by atoms with Crippen molar-refractivity contribution in [2.24, 2.45) is 0 Å². The Morgan fingerprint density at radius 1 is 1.15 bits per heavy atom. The number of ether oxygens (including phenoxy) is 1. The van der Waals surface area contributed by atoms with Gasteiger partial charge in [-0.25, -0.2) is 4.79 Å². The Bertz CT molecular complexity index is 862. The molecular weight excluding hydrogens is 348 g/mol. The minimum atomic E-state index is -0.977. The molecule has 1 saturated heterocycles. The summed E-state index contributed by atoms with van der Waals surface area (Å²) >= 11 is 0. The lowest BCUT2D eigenvalue weighted by Crippen LogP contribution is -2.71. The first kappa shape index (κ1) is 18.6. The number of hydrogen-bond acceptors (Lipinski definition) is 5. The number of likely N-dealkylation sites (tertiary alicyclic amines) is 1. The minimum absolute atomic E-state index is 0.127. The van der Waals surface area contributed by atoms with E-state index >= 15 is 0 Å². The van der Waals surface area contributed by atoms with E-state index in [2.05, 4.69) is 6.58 Å². The fourth-order valence-electron chi connectivity index (χ4n) is 3.59. The molecule has 27 heavy (non-hydrogen) atoms. The van der Waals surface area contributed by atoms with Crippen LogP contribution in [0.5, 0.6) is 0 Å². The van der Waals surface area contributed by atoms with Crippen molar-refractivity contribution in [1.82, 2.24) is 9.80 Å². The molecule has 3 amide bonds. The molecule has 7 nitrogen and oxygen atoms in total. The van der Waals surface area contributed by atoms with E-state index in [4.69, 9.17) is 4.74 Å². The molecule has 0 aromatic heterocycles. The zero-order valence-electron chi connectivity index (χ0n) is 15.4. The monoisotopic (exact) mass is 368 g/mol. The molecular formula is C20H20N2O5. The van der Waals surface area contributed by atoms with Crippen LogP contribution in [0.4, 0.5) is 0 Å². The molecule has 2 atom stereocenters. The van der Waals surface area contributed by atoms with Crippen LogP contribution in [0.3, 0.4) is 0 Å². The number of fused-ring (bicyclic) bond motifs is 1. The van der Waals surface area contributed by atoms with Gasteiger partial charge in [-0.2, -0.15) is 0 Å². The van der Waals surface area contributed by atoms with Gasteiger partial charge >= 0.3 is 5.97 Å². The van der Waals surface area contributed by atoms with Crippen LogP contribution in [0.1, 0.15) is 41.0 Å². The summed E-state index contributed by atoms with van der Waals surface area (Å²) in [6.45, 7) is 7.08. The first-order valence-electron chi connectivity index (χ1n) is 8.51. The third kappa shape index (κ3) is 2.66. The number of hydrogen-bond donors (Lipinski definition) is 0. The lowest BCUT2D eigenvalue weighted by molar-refractivity contribution is -0.157. The highest BCUT2D eigenvalue weighted by molar-refractivity contribution is 6.23. The van der Waals surface area contributed by atoms with Crippen LogP contribution in [0.25, 0.3) is 0 Å². The van der Waals surface area contributed by atoms with Crippen molar-refractivity contribution in [3.05, 3.63) is 59.3 Å². The number of allylic oxidation sites excluding steroid dienone is 1. The van der Waals surface area contributed by atoms with Gasteiger partial charge in [0.05, 0.1) is 24.3 Å². The van der Waals surface area contributed by atoms with Crippen molar-refractivity contribution in [3.8, 4) is 0 Å². The highest BCUT2D eigenvalue weighted by atomic mass is 16.5. The van der Waals surface area contributed by atoms with Crippen molar-refractivity contribution in [2.45, 2.75) is 32.4 Å². The van der Waals surface area contributed by atoms with Gasteiger partial charge in [-0.3, -0.25) is 24.2 Å². The predicted octanol–water partition coefficient (Wildman–Crippen LogP) is 1.91. The molecule has 0 saturated carbocycles. The topological polar surface area (TPSA) is 84.0 Å². The molecule has 2 heterocycles. The van der Waals surface area contributed by atoms with Crippen LogP contribution in [0.2, 0.25) is 0 Å². The van der Waals surface area contributed by atoms with Crippen LogP contribution < -0.4 is 0 Å². The number of rotatable bonds is 5. The number of methoxy groups -OCH3 is 1. The second-order valence-electron chi connectivity index (χ2n) is 6.61. The summed E-state index contributed by atoms with van der Waals surface area (Å²) in [5.41, 5.74) is 1.29. The van der Waals surface area contributed by atoms with Crippen LogP contribution in [0.15, 0.2) is 48.2 Å². The lowest BCUT2D eigenvalue weighted by Gasteiger charge is -2.49. The second kappa shape index (κ2) is 6.83. The van der Waals surface area contributed by atoms with Crippen LogP contribution in [-0.2, 0) is 14.3 Å². The molecule has 2 unspecified atom stereocenters. The first-order chi connectivity index (χ1) is 12.8.